The molecule has 0 spiro atoms. The molecule has 0 saturated carbocycles. The van der Waals surface area contributed by atoms with Crippen molar-refractivity contribution in [3.8, 4) is 17.2 Å². The molecule has 4 rings (SSSR count). The number of carbonyl (C=O) groups is 2. The topological polar surface area (TPSA) is 86.2 Å². The largest absolute Gasteiger partial charge is 0.494 e. The third-order valence-corrected chi connectivity index (χ3v) is 6.85. The summed E-state index contributed by atoms with van der Waals surface area (Å²) >= 11 is 7.67. The van der Waals surface area contributed by atoms with E-state index in [0.29, 0.717) is 27.8 Å². The number of hydrazone groups is 1. The number of nitrogens with one attached hydrogen (secondary N) is 1. The quantitative estimate of drug-likeness (QED) is 0.0779. The summed E-state index contributed by atoms with van der Waals surface area (Å²) < 4.78 is 17.6. The van der Waals surface area contributed by atoms with Crippen molar-refractivity contribution in [2.45, 2.75) is 19.8 Å². The number of hydrogen-bond acceptors (Lipinski definition) is 7. The lowest BCUT2D eigenvalue weighted by atomic mass is 10.2. The average molecular weight is 537 g/mol. The fraction of sp³-hybridized carbons (Fsp3) is 0.179. The molecule has 1 amide bonds. The first-order chi connectivity index (χ1) is 18.0. The summed E-state index contributed by atoms with van der Waals surface area (Å²) in [5.74, 6) is 0.580. The molecule has 0 unspecified atom stereocenters. The summed E-state index contributed by atoms with van der Waals surface area (Å²) in [5.41, 5.74) is 2.91. The number of thiophene rings is 1. The van der Waals surface area contributed by atoms with Gasteiger partial charge in [-0.25, -0.2) is 10.2 Å². The molecule has 37 heavy (non-hydrogen) atoms. The molecule has 1 N–H and O–H groups in total. The van der Waals surface area contributed by atoms with E-state index in [1.54, 1.807) is 48.5 Å². The molecule has 0 saturated heterocycles. The minimum absolute atomic E-state index is 0.214. The van der Waals surface area contributed by atoms with Gasteiger partial charge in [0.05, 0.1) is 17.8 Å². The maximum absolute atomic E-state index is 12.8. The van der Waals surface area contributed by atoms with Gasteiger partial charge in [0.25, 0.3) is 5.91 Å². The number of nitrogens with zero attached hydrogens (tertiary/aromatic N) is 1. The average Bonchev–Trinajstić information content (AvgIpc) is 3.26. The second-order valence-corrected chi connectivity index (χ2v) is 9.35. The van der Waals surface area contributed by atoms with Gasteiger partial charge in [-0.1, -0.05) is 55.3 Å². The van der Waals surface area contributed by atoms with Gasteiger partial charge in [0.1, 0.15) is 22.1 Å². The predicted octanol–water partition coefficient (Wildman–Crippen LogP) is 6.48. The van der Waals surface area contributed by atoms with E-state index in [9.17, 15) is 9.59 Å². The van der Waals surface area contributed by atoms with Crippen LogP contribution in [0.15, 0.2) is 77.9 Å². The smallest absolute Gasteiger partial charge is 0.355 e. The number of hydrogen-bond donors (Lipinski definition) is 1. The first-order valence-corrected chi connectivity index (χ1v) is 12.9. The lowest BCUT2D eigenvalue weighted by molar-refractivity contribution is -0.123. The van der Waals surface area contributed by atoms with E-state index in [2.05, 4.69) is 17.5 Å². The molecule has 190 valence electrons. The Kier molecular flexibility index (Phi) is 9.13. The maximum Gasteiger partial charge on any atom is 0.355 e. The van der Waals surface area contributed by atoms with Gasteiger partial charge in [-0.05, 0) is 48.9 Å². The van der Waals surface area contributed by atoms with Gasteiger partial charge in [0.2, 0.25) is 0 Å². The van der Waals surface area contributed by atoms with Gasteiger partial charge in [0, 0.05) is 15.6 Å². The van der Waals surface area contributed by atoms with Crippen molar-refractivity contribution < 1.29 is 23.8 Å². The molecule has 0 fully saturated rings. The molecule has 0 aliphatic heterocycles. The molecule has 0 atom stereocenters. The van der Waals surface area contributed by atoms with E-state index in [4.69, 9.17) is 25.8 Å². The second-order valence-electron chi connectivity index (χ2n) is 7.92. The van der Waals surface area contributed by atoms with Crippen LogP contribution in [0.2, 0.25) is 5.02 Å². The number of rotatable bonds is 11. The Balaban J connectivity index is 1.31. The summed E-state index contributed by atoms with van der Waals surface area (Å²) in [6, 6.07) is 21.4. The highest BCUT2D eigenvalue weighted by molar-refractivity contribution is 7.21. The summed E-state index contributed by atoms with van der Waals surface area (Å²) in [6.07, 6.45) is 3.46. The standard InChI is InChI=1S/C28H25ClN2O5S/c1-2-3-16-34-20-12-14-21(15-13-20)35-18-25(32)31-30-17-19-8-4-6-10-23(19)36-28(33)27-26(29)22-9-5-7-11-24(22)37-27/h4-15,17H,2-3,16,18H2,1H3,(H,31,32)/b30-17-. The number of amides is 1. The Labute approximate surface area is 223 Å². The second kappa shape index (κ2) is 12.9. The fourth-order valence-electron chi connectivity index (χ4n) is 3.29. The van der Waals surface area contributed by atoms with Crippen LogP contribution in [0.1, 0.15) is 35.0 Å². The summed E-state index contributed by atoms with van der Waals surface area (Å²) in [4.78, 5) is 25.3. The van der Waals surface area contributed by atoms with Gasteiger partial charge in [0.15, 0.2) is 6.61 Å². The van der Waals surface area contributed by atoms with Crippen LogP contribution in [0.25, 0.3) is 10.1 Å². The lowest BCUT2D eigenvalue weighted by Crippen LogP contribution is -2.24. The van der Waals surface area contributed by atoms with E-state index in [0.717, 1.165) is 28.7 Å². The number of benzene rings is 3. The highest BCUT2D eigenvalue weighted by Gasteiger charge is 2.19. The zero-order valence-corrected chi connectivity index (χ0v) is 21.7. The van der Waals surface area contributed by atoms with E-state index < -0.39 is 11.9 Å². The predicted molar refractivity (Wildman–Crippen MR) is 146 cm³/mol. The summed E-state index contributed by atoms with van der Waals surface area (Å²) in [5, 5.41) is 5.13. The van der Waals surface area contributed by atoms with Crippen LogP contribution in [0, 0.1) is 0 Å². The first kappa shape index (κ1) is 26.2. The van der Waals surface area contributed by atoms with E-state index in [1.807, 2.05) is 24.3 Å². The fourth-order valence-corrected chi connectivity index (χ4v) is 4.68. The Morgan fingerprint density at radius 2 is 1.68 bits per heavy atom. The highest BCUT2D eigenvalue weighted by Crippen LogP contribution is 2.36. The summed E-state index contributed by atoms with van der Waals surface area (Å²) in [6.45, 7) is 2.56. The van der Waals surface area contributed by atoms with Crippen molar-refractivity contribution in [3.63, 3.8) is 0 Å². The number of para-hydroxylation sites is 1. The minimum atomic E-state index is -0.564. The van der Waals surface area contributed by atoms with Crippen molar-refractivity contribution in [2.75, 3.05) is 13.2 Å². The number of unbranched alkanes of at least 4 members (excludes halogenated alkanes) is 1. The number of halogens is 1. The maximum atomic E-state index is 12.8. The molecule has 0 radical (unpaired) electrons. The molecular weight excluding hydrogens is 512 g/mol. The monoisotopic (exact) mass is 536 g/mol. The van der Waals surface area contributed by atoms with Crippen LogP contribution in [-0.4, -0.2) is 31.3 Å². The van der Waals surface area contributed by atoms with Crippen molar-refractivity contribution in [1.82, 2.24) is 5.43 Å². The van der Waals surface area contributed by atoms with E-state index in [-0.39, 0.29) is 12.4 Å². The molecule has 4 aromatic rings. The zero-order chi connectivity index (χ0) is 26.0. The molecule has 0 aliphatic rings. The Hall–Kier alpha value is -3.88. The number of esters is 1. The first-order valence-electron chi connectivity index (χ1n) is 11.7. The summed E-state index contributed by atoms with van der Waals surface area (Å²) in [7, 11) is 0. The molecule has 9 heteroatoms. The normalized spacial score (nSPS) is 11.0. The lowest BCUT2D eigenvalue weighted by Gasteiger charge is -2.08. The van der Waals surface area contributed by atoms with Crippen molar-refractivity contribution in [3.05, 3.63) is 88.3 Å². The highest BCUT2D eigenvalue weighted by atomic mass is 35.5. The third-order valence-electron chi connectivity index (χ3n) is 5.20. The van der Waals surface area contributed by atoms with Gasteiger partial charge in [-0.15, -0.1) is 11.3 Å². The van der Waals surface area contributed by atoms with Crippen LogP contribution < -0.4 is 19.6 Å². The SMILES string of the molecule is CCCCOc1ccc(OCC(=O)N/N=C\c2ccccc2OC(=O)c2sc3ccccc3c2Cl)cc1. The third kappa shape index (κ3) is 7.09. The Morgan fingerprint density at radius 3 is 2.43 bits per heavy atom. The molecule has 3 aromatic carbocycles. The van der Waals surface area contributed by atoms with Gasteiger partial charge < -0.3 is 14.2 Å². The molecule has 1 heterocycles. The Morgan fingerprint density at radius 1 is 0.973 bits per heavy atom. The van der Waals surface area contributed by atoms with Crippen LogP contribution in [0.3, 0.4) is 0 Å². The van der Waals surface area contributed by atoms with Crippen LogP contribution in [0.5, 0.6) is 17.2 Å². The van der Waals surface area contributed by atoms with Gasteiger partial charge in [-0.3, -0.25) is 4.79 Å². The molecule has 7 nitrogen and oxygen atoms in total. The van der Waals surface area contributed by atoms with Crippen molar-refractivity contribution in [2.24, 2.45) is 5.10 Å². The number of ether oxygens (including phenoxy) is 3. The number of fused-ring (bicyclic) bond motifs is 1. The zero-order valence-electron chi connectivity index (χ0n) is 20.1. The van der Waals surface area contributed by atoms with E-state index >= 15 is 0 Å². The Bertz CT molecular complexity index is 1400. The molecule has 0 aliphatic carbocycles. The van der Waals surface area contributed by atoms with Crippen molar-refractivity contribution >= 4 is 51.1 Å². The van der Waals surface area contributed by atoms with Crippen LogP contribution >= 0.6 is 22.9 Å². The van der Waals surface area contributed by atoms with Crippen LogP contribution in [0.4, 0.5) is 0 Å². The molecule has 1 aromatic heterocycles. The van der Waals surface area contributed by atoms with Crippen molar-refractivity contribution in [1.29, 1.82) is 0 Å². The van der Waals surface area contributed by atoms with Gasteiger partial charge >= 0.3 is 5.97 Å². The van der Waals surface area contributed by atoms with Gasteiger partial charge in [-0.2, -0.15) is 5.10 Å². The van der Waals surface area contributed by atoms with Crippen LogP contribution in [-0.2, 0) is 4.79 Å². The van der Waals surface area contributed by atoms with E-state index in [1.165, 1.54) is 17.6 Å². The minimum Gasteiger partial charge on any atom is -0.494 e. The molecular formula is C28H25ClN2O5S. The molecule has 0 bridgehead atoms. The number of carbonyl (C=O) groups excluding carboxylic acids is 2.